The van der Waals surface area contributed by atoms with E-state index in [1.165, 1.54) is 11.8 Å². The second-order valence-electron chi connectivity index (χ2n) is 8.29. The van der Waals surface area contributed by atoms with E-state index in [4.69, 9.17) is 26.8 Å². The molecule has 1 aliphatic rings. The number of benzene rings is 3. The summed E-state index contributed by atoms with van der Waals surface area (Å²) in [6.45, 7) is 2.96. The molecule has 0 unspecified atom stereocenters. The molecule has 0 atom stereocenters. The highest BCUT2D eigenvalue weighted by Crippen LogP contribution is 2.36. The van der Waals surface area contributed by atoms with E-state index in [-0.39, 0.29) is 5.91 Å². The van der Waals surface area contributed by atoms with Crippen molar-refractivity contribution >= 4 is 40.3 Å². The lowest BCUT2D eigenvalue weighted by molar-refractivity contribution is -0.122. The van der Waals surface area contributed by atoms with Gasteiger partial charge < -0.3 is 9.47 Å². The molecule has 0 radical (unpaired) electrons. The topological polar surface area (TPSA) is 56.6 Å². The van der Waals surface area contributed by atoms with Crippen LogP contribution < -0.4 is 9.47 Å². The summed E-state index contributed by atoms with van der Waals surface area (Å²) in [4.78, 5) is 15.6. The van der Waals surface area contributed by atoms with Crippen molar-refractivity contribution in [2.75, 3.05) is 13.7 Å². The molecule has 186 valence electrons. The lowest BCUT2D eigenvalue weighted by Gasteiger charge is -2.14. The van der Waals surface area contributed by atoms with Gasteiger partial charge in [-0.1, -0.05) is 54.3 Å². The Bertz CT molecular complexity index is 1450. The first kappa shape index (κ1) is 24.8. The van der Waals surface area contributed by atoms with E-state index in [2.05, 4.69) is 0 Å². The molecule has 1 aliphatic heterocycles. The van der Waals surface area contributed by atoms with Crippen LogP contribution in [0.1, 0.15) is 18.1 Å². The van der Waals surface area contributed by atoms with Crippen molar-refractivity contribution < 1.29 is 14.3 Å². The van der Waals surface area contributed by atoms with Crippen LogP contribution in [0.4, 0.5) is 0 Å². The molecule has 37 heavy (non-hydrogen) atoms. The first-order valence-electron chi connectivity index (χ1n) is 11.8. The number of hydrogen-bond donors (Lipinski definition) is 0. The molecule has 1 aromatic heterocycles. The number of amides is 1. The molecule has 3 aromatic carbocycles. The van der Waals surface area contributed by atoms with Crippen LogP contribution in [0.15, 0.2) is 90.0 Å². The molecule has 4 aromatic rings. The lowest BCUT2D eigenvalue weighted by atomic mass is 10.1. The maximum absolute atomic E-state index is 13.4. The molecule has 2 heterocycles. The van der Waals surface area contributed by atoms with Gasteiger partial charge in [0.25, 0.3) is 5.91 Å². The van der Waals surface area contributed by atoms with E-state index in [1.807, 2.05) is 103 Å². The average Bonchev–Trinajstić information content (AvgIpc) is 3.47. The van der Waals surface area contributed by atoms with E-state index in [0.29, 0.717) is 22.4 Å². The second kappa shape index (κ2) is 11.0. The standard InChI is InChI=1S/C29H25N3O3S2/c1-3-35-25-15-11-21(12-16-25)27-22(19-32(30-27)23-7-5-4-6-8-23)17-26-28(33)31(29(36)37-26)18-20-9-13-24(34-2)14-10-20/h4-17,19H,3,18H2,1-2H3/b26-17+. The van der Waals surface area contributed by atoms with Crippen LogP contribution in [0.2, 0.25) is 0 Å². The molecule has 1 amide bonds. The molecule has 8 heteroatoms. The van der Waals surface area contributed by atoms with Gasteiger partial charge in [-0.25, -0.2) is 4.68 Å². The summed E-state index contributed by atoms with van der Waals surface area (Å²) < 4.78 is 13.2. The SMILES string of the molecule is CCOc1ccc(-c2nn(-c3ccccc3)cc2/C=C2/SC(=S)N(Cc3ccc(OC)cc3)C2=O)cc1. The molecule has 6 nitrogen and oxygen atoms in total. The van der Waals surface area contributed by atoms with Crippen molar-refractivity contribution in [3.05, 3.63) is 101 Å². The normalized spacial score (nSPS) is 14.4. The van der Waals surface area contributed by atoms with E-state index < -0.39 is 0 Å². The Morgan fingerprint density at radius 2 is 1.68 bits per heavy atom. The summed E-state index contributed by atoms with van der Waals surface area (Å²) in [6.07, 6.45) is 3.82. The van der Waals surface area contributed by atoms with Crippen molar-refractivity contribution in [1.29, 1.82) is 0 Å². The third kappa shape index (κ3) is 5.45. The van der Waals surface area contributed by atoms with Gasteiger partial charge in [-0.15, -0.1) is 0 Å². The van der Waals surface area contributed by atoms with E-state index in [1.54, 1.807) is 12.0 Å². The van der Waals surface area contributed by atoms with Crippen molar-refractivity contribution in [2.24, 2.45) is 0 Å². The zero-order valence-electron chi connectivity index (χ0n) is 20.5. The summed E-state index contributed by atoms with van der Waals surface area (Å²) in [6, 6.07) is 25.4. The van der Waals surface area contributed by atoms with Crippen molar-refractivity contribution in [1.82, 2.24) is 14.7 Å². The van der Waals surface area contributed by atoms with Gasteiger partial charge >= 0.3 is 0 Å². The molecule has 5 rings (SSSR count). The largest absolute Gasteiger partial charge is 0.497 e. The molecule has 0 aliphatic carbocycles. The van der Waals surface area contributed by atoms with Gasteiger partial charge in [0.2, 0.25) is 0 Å². The zero-order chi connectivity index (χ0) is 25.8. The average molecular weight is 528 g/mol. The number of hydrogen-bond acceptors (Lipinski definition) is 6. The van der Waals surface area contributed by atoms with Crippen LogP contribution in [-0.4, -0.2) is 38.6 Å². The number of aromatic nitrogens is 2. The number of carbonyl (C=O) groups excluding carboxylic acids is 1. The van der Waals surface area contributed by atoms with E-state index in [9.17, 15) is 4.79 Å². The fourth-order valence-corrected chi connectivity index (χ4v) is 5.24. The second-order valence-corrected chi connectivity index (χ2v) is 9.96. The number of thioether (sulfide) groups is 1. The Morgan fingerprint density at radius 1 is 0.973 bits per heavy atom. The Morgan fingerprint density at radius 3 is 2.35 bits per heavy atom. The van der Waals surface area contributed by atoms with Gasteiger partial charge in [0, 0.05) is 17.3 Å². The summed E-state index contributed by atoms with van der Waals surface area (Å²) in [5.41, 5.74) is 4.44. The van der Waals surface area contributed by atoms with E-state index in [0.717, 1.165) is 39.6 Å². The van der Waals surface area contributed by atoms with Crippen LogP contribution in [0, 0.1) is 0 Å². The third-order valence-electron chi connectivity index (χ3n) is 5.86. The maximum Gasteiger partial charge on any atom is 0.266 e. The minimum Gasteiger partial charge on any atom is -0.497 e. The fourth-order valence-electron chi connectivity index (χ4n) is 4.00. The highest BCUT2D eigenvalue weighted by atomic mass is 32.2. The van der Waals surface area contributed by atoms with Gasteiger partial charge in [-0.2, -0.15) is 5.10 Å². The molecule has 0 spiro atoms. The highest BCUT2D eigenvalue weighted by Gasteiger charge is 2.32. The number of thiocarbonyl (C=S) groups is 1. The highest BCUT2D eigenvalue weighted by molar-refractivity contribution is 8.26. The summed E-state index contributed by atoms with van der Waals surface area (Å²) in [5, 5.41) is 4.87. The first-order chi connectivity index (χ1) is 18.1. The Kier molecular flexibility index (Phi) is 7.39. The maximum atomic E-state index is 13.4. The van der Waals surface area contributed by atoms with Gasteiger partial charge in [0.05, 0.1) is 36.5 Å². The number of nitrogens with zero attached hydrogens (tertiary/aromatic N) is 3. The monoisotopic (exact) mass is 527 g/mol. The summed E-state index contributed by atoms with van der Waals surface area (Å²) in [5.74, 6) is 1.46. The molecule has 0 N–H and O–H groups in total. The molecular weight excluding hydrogens is 502 g/mol. The molecule has 0 bridgehead atoms. The Hall–Kier alpha value is -3.88. The van der Waals surface area contributed by atoms with Crippen LogP contribution >= 0.6 is 24.0 Å². The number of carbonyl (C=O) groups is 1. The Balaban J connectivity index is 1.48. The number of para-hydroxylation sites is 1. The first-order valence-corrected chi connectivity index (χ1v) is 13.0. The van der Waals surface area contributed by atoms with Crippen LogP contribution in [0.5, 0.6) is 11.5 Å². The smallest absolute Gasteiger partial charge is 0.266 e. The molecule has 0 saturated carbocycles. The zero-order valence-corrected chi connectivity index (χ0v) is 22.1. The van der Waals surface area contributed by atoms with Crippen molar-refractivity contribution in [2.45, 2.75) is 13.5 Å². The van der Waals surface area contributed by atoms with Crippen LogP contribution in [0.3, 0.4) is 0 Å². The van der Waals surface area contributed by atoms with Crippen LogP contribution in [0.25, 0.3) is 23.0 Å². The number of rotatable bonds is 8. The van der Waals surface area contributed by atoms with Gasteiger partial charge in [0.15, 0.2) is 0 Å². The van der Waals surface area contributed by atoms with Crippen molar-refractivity contribution in [3.8, 4) is 28.4 Å². The van der Waals surface area contributed by atoms with Gasteiger partial charge in [-0.3, -0.25) is 9.69 Å². The lowest BCUT2D eigenvalue weighted by Crippen LogP contribution is -2.27. The summed E-state index contributed by atoms with van der Waals surface area (Å²) in [7, 11) is 1.63. The van der Waals surface area contributed by atoms with Gasteiger partial charge in [0.1, 0.15) is 15.8 Å². The minimum absolute atomic E-state index is 0.115. The number of ether oxygens (including phenoxy) is 2. The third-order valence-corrected chi connectivity index (χ3v) is 7.24. The predicted molar refractivity (Wildman–Crippen MR) is 152 cm³/mol. The van der Waals surface area contributed by atoms with Crippen LogP contribution in [-0.2, 0) is 11.3 Å². The molecule has 1 fully saturated rings. The van der Waals surface area contributed by atoms with E-state index >= 15 is 0 Å². The molecular formula is C29H25N3O3S2. The summed E-state index contributed by atoms with van der Waals surface area (Å²) >= 11 is 6.88. The van der Waals surface area contributed by atoms with Gasteiger partial charge in [-0.05, 0) is 67.1 Å². The molecule has 1 saturated heterocycles. The Labute approximate surface area is 225 Å². The predicted octanol–water partition coefficient (Wildman–Crippen LogP) is 6.35. The minimum atomic E-state index is -0.115. The fraction of sp³-hybridized carbons (Fsp3) is 0.138. The van der Waals surface area contributed by atoms with Crippen molar-refractivity contribution in [3.63, 3.8) is 0 Å². The quantitative estimate of drug-likeness (QED) is 0.197. The number of methoxy groups -OCH3 is 1.